The Kier molecular flexibility index (Phi) is 10.5. The molecular weight excluding hydrogens is 524 g/mol. The van der Waals surface area contributed by atoms with Crippen molar-refractivity contribution in [3.63, 3.8) is 0 Å². The van der Waals surface area contributed by atoms with Crippen molar-refractivity contribution >= 4 is 17.4 Å². The Hall–Kier alpha value is -3.72. The van der Waals surface area contributed by atoms with Gasteiger partial charge in [0, 0.05) is 18.7 Å². The van der Waals surface area contributed by atoms with Crippen LogP contribution in [0, 0.1) is 0 Å². The zero-order valence-corrected chi connectivity index (χ0v) is 24.6. The number of likely N-dealkylation sites (N-methyl/N-ethyl adjacent to an activating group) is 1. The molecule has 1 N–H and O–H groups in total. The van der Waals surface area contributed by atoms with Crippen LogP contribution in [0.5, 0.6) is 23.0 Å². The van der Waals surface area contributed by atoms with Gasteiger partial charge >= 0.3 is 0 Å². The second kappa shape index (κ2) is 14.3. The summed E-state index contributed by atoms with van der Waals surface area (Å²) in [5.41, 5.74) is 1.07. The number of aliphatic hydroxyl groups excluding tert-OH is 1. The van der Waals surface area contributed by atoms with E-state index in [2.05, 4.69) is 25.7 Å². The van der Waals surface area contributed by atoms with Gasteiger partial charge in [-0.2, -0.15) is 0 Å². The molecule has 2 heterocycles. The van der Waals surface area contributed by atoms with Gasteiger partial charge in [-0.3, -0.25) is 9.59 Å². The van der Waals surface area contributed by atoms with Gasteiger partial charge in [-0.05, 0) is 62.3 Å². The van der Waals surface area contributed by atoms with Crippen LogP contribution in [0.15, 0.2) is 42.0 Å². The Morgan fingerprint density at radius 3 is 2.41 bits per heavy atom. The van der Waals surface area contributed by atoms with Gasteiger partial charge in [-0.25, -0.2) is 0 Å². The minimum Gasteiger partial charge on any atom is -0.507 e. The van der Waals surface area contributed by atoms with Crippen LogP contribution in [0.4, 0.5) is 0 Å². The lowest BCUT2D eigenvalue weighted by atomic mass is 9.94. The first-order valence-electron chi connectivity index (χ1n) is 14.7. The maximum atomic E-state index is 13.5. The number of ketones is 1. The van der Waals surface area contributed by atoms with E-state index in [1.807, 2.05) is 25.1 Å². The van der Waals surface area contributed by atoms with E-state index in [-0.39, 0.29) is 11.3 Å². The zero-order valence-electron chi connectivity index (χ0n) is 24.6. The summed E-state index contributed by atoms with van der Waals surface area (Å²) >= 11 is 0. The molecule has 1 saturated heterocycles. The third-order valence-corrected chi connectivity index (χ3v) is 7.50. The highest BCUT2D eigenvalue weighted by Gasteiger charge is 2.46. The molecule has 4 rings (SSSR count). The van der Waals surface area contributed by atoms with Gasteiger partial charge < -0.3 is 33.9 Å². The van der Waals surface area contributed by atoms with Crippen molar-refractivity contribution in [3.8, 4) is 23.0 Å². The Balaban J connectivity index is 1.77. The number of hydrogen-bond donors (Lipinski definition) is 1. The van der Waals surface area contributed by atoms with Crippen molar-refractivity contribution in [2.24, 2.45) is 0 Å². The number of ether oxygens (including phenoxy) is 4. The maximum absolute atomic E-state index is 13.5. The molecule has 0 saturated carbocycles. The molecule has 1 fully saturated rings. The fourth-order valence-electron chi connectivity index (χ4n) is 5.21. The summed E-state index contributed by atoms with van der Waals surface area (Å²) in [7, 11) is 0. The smallest absolute Gasteiger partial charge is 0.295 e. The fraction of sp³-hybridized carbons (Fsp3) is 0.500. The van der Waals surface area contributed by atoms with E-state index in [0.29, 0.717) is 73.6 Å². The Morgan fingerprint density at radius 1 is 0.951 bits per heavy atom. The molecule has 0 aromatic heterocycles. The molecule has 1 atom stereocenters. The van der Waals surface area contributed by atoms with Gasteiger partial charge in [0.2, 0.25) is 0 Å². The number of amides is 1. The predicted octanol–water partition coefficient (Wildman–Crippen LogP) is 5.19. The van der Waals surface area contributed by atoms with Crippen molar-refractivity contribution in [1.29, 1.82) is 0 Å². The van der Waals surface area contributed by atoms with Crippen LogP contribution in [-0.4, -0.2) is 79.2 Å². The summed E-state index contributed by atoms with van der Waals surface area (Å²) in [5.74, 6) is 0.580. The van der Waals surface area contributed by atoms with Gasteiger partial charge in [-0.15, -0.1) is 0 Å². The molecule has 9 nitrogen and oxygen atoms in total. The number of carbonyl (C=O) groups is 2. The number of carbonyl (C=O) groups excluding carboxylic acids is 2. The molecule has 41 heavy (non-hydrogen) atoms. The van der Waals surface area contributed by atoms with Gasteiger partial charge in [0.05, 0.1) is 24.8 Å². The minimum absolute atomic E-state index is 0.0327. The quantitative estimate of drug-likeness (QED) is 0.144. The van der Waals surface area contributed by atoms with E-state index < -0.39 is 17.7 Å². The van der Waals surface area contributed by atoms with Crippen LogP contribution in [0.3, 0.4) is 0 Å². The standard InChI is InChI=1S/C32H42N2O7/c1-5-9-10-17-39-24-13-11-22(20-26(24)38-8-4)29-28(31(36)32(37)34(29)16-15-33(6-2)7-3)30(35)23-12-14-25-27(21-23)41-19-18-40-25/h11-14,20-21,29,35H,5-10,15-19H2,1-4H3/b30-28+/t29-/m1/s1. The minimum atomic E-state index is -0.799. The van der Waals surface area contributed by atoms with E-state index in [1.165, 1.54) is 0 Å². The van der Waals surface area contributed by atoms with Crippen molar-refractivity contribution in [2.45, 2.75) is 53.0 Å². The number of unbranched alkanes of at least 4 members (excludes halogenated alkanes) is 2. The summed E-state index contributed by atoms with van der Waals surface area (Å²) in [6, 6.07) is 9.69. The molecule has 0 spiro atoms. The molecule has 222 valence electrons. The first kappa shape index (κ1) is 30.2. The van der Waals surface area contributed by atoms with Gasteiger partial charge in [0.25, 0.3) is 11.7 Å². The normalized spacial score (nSPS) is 17.8. The largest absolute Gasteiger partial charge is 0.507 e. The monoisotopic (exact) mass is 566 g/mol. The number of nitrogens with zero attached hydrogens (tertiary/aromatic N) is 2. The molecule has 2 aromatic rings. The van der Waals surface area contributed by atoms with Gasteiger partial charge in [0.1, 0.15) is 19.0 Å². The average Bonchev–Trinajstić information content (AvgIpc) is 3.25. The van der Waals surface area contributed by atoms with Crippen LogP contribution in [0.2, 0.25) is 0 Å². The molecule has 0 bridgehead atoms. The van der Waals surface area contributed by atoms with E-state index >= 15 is 0 Å². The van der Waals surface area contributed by atoms with Crippen LogP contribution in [-0.2, 0) is 9.59 Å². The maximum Gasteiger partial charge on any atom is 0.295 e. The predicted molar refractivity (Wildman–Crippen MR) is 157 cm³/mol. The number of aliphatic hydroxyl groups is 1. The molecule has 9 heteroatoms. The number of likely N-dealkylation sites (tertiary alicyclic amines) is 1. The Bertz CT molecular complexity index is 1250. The lowest BCUT2D eigenvalue weighted by Gasteiger charge is -2.28. The summed E-state index contributed by atoms with van der Waals surface area (Å²) in [5, 5.41) is 11.5. The third-order valence-electron chi connectivity index (χ3n) is 7.50. The number of fused-ring (bicyclic) bond motifs is 1. The van der Waals surface area contributed by atoms with Crippen molar-refractivity contribution in [2.75, 3.05) is 52.6 Å². The van der Waals surface area contributed by atoms with E-state index in [4.69, 9.17) is 18.9 Å². The molecule has 2 aliphatic rings. The average molecular weight is 567 g/mol. The van der Waals surface area contributed by atoms with Gasteiger partial charge in [0.15, 0.2) is 23.0 Å². The summed E-state index contributed by atoms with van der Waals surface area (Å²) in [6.45, 7) is 12.5. The third kappa shape index (κ3) is 6.78. The van der Waals surface area contributed by atoms with Gasteiger partial charge in [-0.1, -0.05) is 39.7 Å². The van der Waals surface area contributed by atoms with Crippen LogP contribution in [0.25, 0.3) is 5.76 Å². The Morgan fingerprint density at radius 2 is 1.71 bits per heavy atom. The van der Waals surface area contributed by atoms with E-state index in [1.54, 1.807) is 23.1 Å². The second-order valence-electron chi connectivity index (χ2n) is 10.1. The van der Waals surface area contributed by atoms with Crippen LogP contribution < -0.4 is 18.9 Å². The first-order chi connectivity index (χ1) is 19.9. The zero-order chi connectivity index (χ0) is 29.4. The first-order valence-corrected chi connectivity index (χ1v) is 14.7. The van der Waals surface area contributed by atoms with Crippen LogP contribution >= 0.6 is 0 Å². The van der Waals surface area contributed by atoms with Crippen molar-refractivity contribution in [3.05, 3.63) is 53.1 Å². The summed E-state index contributed by atoms with van der Waals surface area (Å²) in [6.07, 6.45) is 3.10. The number of rotatable bonds is 14. The second-order valence-corrected chi connectivity index (χ2v) is 10.1. The van der Waals surface area contributed by atoms with E-state index in [9.17, 15) is 14.7 Å². The lowest BCUT2D eigenvalue weighted by molar-refractivity contribution is -0.140. The highest BCUT2D eigenvalue weighted by molar-refractivity contribution is 6.46. The molecule has 0 aliphatic carbocycles. The fourth-order valence-corrected chi connectivity index (χ4v) is 5.21. The molecule has 2 aliphatic heterocycles. The van der Waals surface area contributed by atoms with E-state index in [0.717, 1.165) is 32.4 Å². The summed E-state index contributed by atoms with van der Waals surface area (Å²) < 4.78 is 23.2. The molecule has 0 unspecified atom stereocenters. The molecule has 1 amide bonds. The number of hydrogen-bond acceptors (Lipinski definition) is 8. The Labute approximate surface area is 242 Å². The van der Waals surface area contributed by atoms with Crippen molar-refractivity contribution < 1.29 is 33.6 Å². The van der Waals surface area contributed by atoms with Crippen LogP contribution in [0.1, 0.15) is 64.1 Å². The topological polar surface area (TPSA) is 97.8 Å². The number of Topliss-reactive ketones (excluding diaryl/α,β-unsaturated/α-hetero) is 1. The SMILES string of the molecule is CCCCCOc1ccc([C@@H]2/C(=C(\O)c3ccc4c(c3)OCCO4)C(=O)C(=O)N2CCN(CC)CC)cc1OCC. The summed E-state index contributed by atoms with van der Waals surface area (Å²) in [4.78, 5) is 30.7. The van der Waals surface area contributed by atoms with Crippen molar-refractivity contribution in [1.82, 2.24) is 9.80 Å². The molecular formula is C32H42N2O7. The highest BCUT2D eigenvalue weighted by Crippen LogP contribution is 2.43. The lowest BCUT2D eigenvalue weighted by Crippen LogP contribution is -2.38. The number of benzene rings is 2. The molecule has 0 radical (unpaired) electrons. The highest BCUT2D eigenvalue weighted by atomic mass is 16.6. The molecule has 2 aromatic carbocycles.